The highest BCUT2D eigenvalue weighted by Crippen LogP contribution is 2.50. The summed E-state index contributed by atoms with van der Waals surface area (Å²) in [7, 11) is 3.45. The Balaban J connectivity index is 0.786. The zero-order valence-electron chi connectivity index (χ0n) is 34.7. The number of piperidine rings is 1. The van der Waals surface area contributed by atoms with Gasteiger partial charge in [-0.15, -0.1) is 0 Å². The van der Waals surface area contributed by atoms with Gasteiger partial charge in [-0.3, -0.25) is 28.9 Å². The van der Waals surface area contributed by atoms with E-state index >= 15 is 0 Å². The molecule has 0 radical (unpaired) electrons. The number of amides is 5. The largest absolute Gasteiger partial charge is 0.495 e. The van der Waals surface area contributed by atoms with Gasteiger partial charge in [0.2, 0.25) is 11.8 Å². The fraction of sp³-hybridized carbons (Fsp3) is 0.375. The number of pyridine rings is 1. The summed E-state index contributed by atoms with van der Waals surface area (Å²) in [5, 5.41) is 6.36. The molecule has 1 saturated carbocycles. The van der Waals surface area contributed by atoms with Gasteiger partial charge in [-0.25, -0.2) is 4.98 Å². The number of nitrogens with one attached hydrogen (secondary N) is 2. The number of fused-ring (bicyclic) bond motifs is 1. The highest BCUT2D eigenvalue weighted by atomic mass is 35.5. The molecule has 7 rings (SSSR count). The quantitative estimate of drug-likeness (QED) is 0.0764. The van der Waals surface area contributed by atoms with Crippen molar-refractivity contribution in [3.8, 4) is 11.5 Å². The third-order valence-electron chi connectivity index (χ3n) is 11.9. The third-order valence-corrected chi connectivity index (χ3v) is 12.2. The molecule has 3 aromatic carbocycles. The lowest BCUT2D eigenvalue weighted by molar-refractivity contribution is -0.129. The second-order valence-electron chi connectivity index (χ2n) is 16.2. The van der Waals surface area contributed by atoms with E-state index in [-0.39, 0.29) is 35.3 Å². The molecule has 0 spiro atoms. The minimum Gasteiger partial charge on any atom is -0.495 e. The summed E-state index contributed by atoms with van der Waals surface area (Å²) in [5.41, 5.74) is 5.49. The summed E-state index contributed by atoms with van der Waals surface area (Å²) in [4.78, 5) is 72.1. The lowest BCUT2D eigenvalue weighted by atomic mass is 9.68. The van der Waals surface area contributed by atoms with Gasteiger partial charge < -0.3 is 25.0 Å². The highest BCUT2D eigenvalue weighted by molar-refractivity contribution is 6.30. The minimum atomic E-state index is -0.849. The average Bonchev–Trinajstić information content (AvgIpc) is 3.48. The Morgan fingerprint density at radius 1 is 0.918 bits per heavy atom. The molecule has 2 N–H and O–H groups in total. The van der Waals surface area contributed by atoms with Crippen molar-refractivity contribution in [2.75, 3.05) is 27.3 Å². The number of carbonyl (C=O) groups excluding carboxylic acids is 5. The molecule has 1 saturated heterocycles. The number of hydrogen-bond donors (Lipinski definition) is 2. The molecular weight excluding hydrogens is 794 g/mol. The molecule has 3 heterocycles. The number of rotatable bonds is 18. The molecule has 12 nitrogen and oxygen atoms in total. The van der Waals surface area contributed by atoms with Gasteiger partial charge in [-0.1, -0.05) is 73.8 Å². The average molecular weight is 846 g/mol. The van der Waals surface area contributed by atoms with Gasteiger partial charge >= 0.3 is 0 Å². The van der Waals surface area contributed by atoms with Crippen molar-refractivity contribution in [2.45, 2.75) is 88.6 Å². The second-order valence-corrected chi connectivity index (χ2v) is 16.6. The van der Waals surface area contributed by atoms with Gasteiger partial charge in [0.15, 0.2) is 0 Å². The Labute approximate surface area is 361 Å². The van der Waals surface area contributed by atoms with Crippen molar-refractivity contribution in [1.29, 1.82) is 0 Å². The molecular formula is C48H52ClN5O7. The summed E-state index contributed by atoms with van der Waals surface area (Å²) in [5.74, 6) is 0.316. The van der Waals surface area contributed by atoms with E-state index in [1.807, 2.05) is 49.5 Å². The van der Waals surface area contributed by atoms with Crippen molar-refractivity contribution in [3.05, 3.63) is 135 Å². The molecule has 3 aliphatic rings. The maximum absolute atomic E-state index is 13.2. The zero-order chi connectivity index (χ0) is 43.0. The van der Waals surface area contributed by atoms with Crippen LogP contribution >= 0.6 is 11.6 Å². The van der Waals surface area contributed by atoms with Crippen LogP contribution in [0.3, 0.4) is 0 Å². The molecule has 1 atom stereocenters. The second kappa shape index (κ2) is 19.6. The highest BCUT2D eigenvalue weighted by Gasteiger charge is 2.44. The number of aromatic nitrogens is 1. The monoisotopic (exact) mass is 845 g/mol. The van der Waals surface area contributed by atoms with E-state index in [9.17, 15) is 24.0 Å². The van der Waals surface area contributed by atoms with Crippen molar-refractivity contribution >= 4 is 41.1 Å². The maximum Gasteiger partial charge on any atom is 0.270 e. The first-order valence-corrected chi connectivity index (χ1v) is 21.4. The molecule has 318 valence electrons. The fourth-order valence-corrected chi connectivity index (χ4v) is 8.43. The lowest BCUT2D eigenvalue weighted by Crippen LogP contribution is -2.51. The van der Waals surface area contributed by atoms with Crippen molar-refractivity contribution in [3.63, 3.8) is 0 Å². The van der Waals surface area contributed by atoms with Gasteiger partial charge in [0.05, 0.1) is 37.5 Å². The Kier molecular flexibility index (Phi) is 13.8. The van der Waals surface area contributed by atoms with E-state index in [1.165, 1.54) is 5.56 Å². The smallest absolute Gasteiger partial charge is 0.270 e. The van der Waals surface area contributed by atoms with Crippen LogP contribution in [0, 0.1) is 0 Å². The number of likely N-dealkylation sites (N-methyl/N-ethyl adjacent to an activating group) is 1. The van der Waals surface area contributed by atoms with Gasteiger partial charge in [-0.05, 0) is 103 Å². The minimum absolute atomic E-state index is 0.0319. The standard InChI is InChI=1S/C48H52ClN5O7/c1-30-12-19-42(46(57)52-30)54-47(58)38-18-17-37(26-40(38)48(54)59)61-21-8-6-4-5-7-20-53(2)44(55)23-31-10-9-11-32(22-31)28-51-45(56)41-27-39(43(60-3)29-50-41)35-24-34(25-35)33-13-15-36(49)16-14-33/h9-11,13-18,22,26-27,29,34-35,42H,1,4-8,12,19-21,23-25,28H2,2-3H3,(H,51,56)(H,52,57). The van der Waals surface area contributed by atoms with E-state index in [2.05, 4.69) is 34.3 Å². The van der Waals surface area contributed by atoms with E-state index in [0.29, 0.717) is 61.3 Å². The van der Waals surface area contributed by atoms with Crippen LogP contribution in [-0.2, 0) is 22.6 Å². The summed E-state index contributed by atoms with van der Waals surface area (Å²) in [6.07, 6.45) is 9.27. The molecule has 2 fully saturated rings. The predicted octanol–water partition coefficient (Wildman–Crippen LogP) is 7.75. The van der Waals surface area contributed by atoms with Crippen molar-refractivity contribution < 1.29 is 33.4 Å². The van der Waals surface area contributed by atoms with Crippen LogP contribution < -0.4 is 20.1 Å². The Bertz CT molecular complexity index is 2310. The Morgan fingerprint density at radius 2 is 1.66 bits per heavy atom. The Hall–Kier alpha value is -6.01. The topological polar surface area (TPSA) is 147 Å². The van der Waals surface area contributed by atoms with E-state index < -0.39 is 23.8 Å². The first kappa shape index (κ1) is 43.1. The number of imide groups is 1. The maximum atomic E-state index is 13.2. The molecule has 13 heteroatoms. The number of hydrogen-bond acceptors (Lipinski definition) is 8. The van der Waals surface area contributed by atoms with Crippen molar-refractivity contribution in [2.24, 2.45) is 0 Å². The van der Waals surface area contributed by atoms with Crippen LogP contribution in [0.15, 0.2) is 91.3 Å². The SMILES string of the molecule is C=C1CCC(N2C(=O)c3ccc(OCCCCCCCN(C)C(=O)Cc4cccc(CNC(=O)c5cc(C6CC(c7ccc(Cl)cc7)C6)c(OC)cn5)c4)cc3C2=O)C(=O)N1. The molecule has 1 aliphatic carbocycles. The van der Waals surface area contributed by atoms with Crippen LogP contribution in [0.25, 0.3) is 0 Å². The summed E-state index contributed by atoms with van der Waals surface area (Å²) >= 11 is 6.07. The molecule has 0 bridgehead atoms. The van der Waals surface area contributed by atoms with Crippen molar-refractivity contribution in [1.82, 2.24) is 25.4 Å². The van der Waals surface area contributed by atoms with Crippen LogP contribution in [0.1, 0.15) is 123 Å². The molecule has 1 aromatic heterocycles. The number of carbonyl (C=O) groups is 5. The number of nitrogens with zero attached hydrogens (tertiary/aromatic N) is 3. The first-order chi connectivity index (χ1) is 29.5. The predicted molar refractivity (Wildman–Crippen MR) is 232 cm³/mol. The first-order valence-electron chi connectivity index (χ1n) is 21.0. The van der Waals surface area contributed by atoms with Gasteiger partial charge in [0, 0.05) is 36.4 Å². The van der Waals surface area contributed by atoms with E-state index in [1.54, 1.807) is 36.4 Å². The number of ether oxygens (including phenoxy) is 2. The van der Waals surface area contributed by atoms with Gasteiger partial charge in [0.1, 0.15) is 23.2 Å². The fourth-order valence-electron chi connectivity index (χ4n) is 8.30. The van der Waals surface area contributed by atoms with Crippen LogP contribution in [0.5, 0.6) is 11.5 Å². The molecule has 61 heavy (non-hydrogen) atoms. The molecule has 5 amide bonds. The normalized spacial score (nSPS) is 18.3. The molecule has 1 unspecified atom stereocenters. The zero-order valence-corrected chi connectivity index (χ0v) is 35.5. The number of benzene rings is 3. The Morgan fingerprint density at radius 3 is 2.43 bits per heavy atom. The van der Waals surface area contributed by atoms with Gasteiger partial charge in [-0.2, -0.15) is 0 Å². The number of halogens is 1. The summed E-state index contributed by atoms with van der Waals surface area (Å²) in [6.45, 7) is 5.19. The van der Waals surface area contributed by atoms with Gasteiger partial charge in [0.25, 0.3) is 17.7 Å². The molecule has 2 aliphatic heterocycles. The van der Waals surface area contributed by atoms with Crippen LogP contribution in [0.2, 0.25) is 5.02 Å². The van der Waals surface area contributed by atoms with Crippen LogP contribution in [0.4, 0.5) is 0 Å². The van der Waals surface area contributed by atoms with E-state index in [0.717, 1.165) is 71.6 Å². The number of allylic oxidation sites excluding steroid dienone is 1. The van der Waals surface area contributed by atoms with Crippen LogP contribution in [-0.4, -0.2) is 77.7 Å². The molecule has 4 aromatic rings. The number of methoxy groups -OCH3 is 1. The summed E-state index contributed by atoms with van der Waals surface area (Å²) < 4.78 is 11.5. The van der Waals surface area contributed by atoms with E-state index in [4.69, 9.17) is 21.1 Å². The number of unbranched alkanes of at least 4 members (excludes halogenated alkanes) is 4. The summed E-state index contributed by atoms with van der Waals surface area (Å²) in [6, 6.07) is 21.6. The lowest BCUT2D eigenvalue weighted by Gasteiger charge is -2.36. The third kappa shape index (κ3) is 10.3.